The topological polar surface area (TPSA) is 117 Å². The highest BCUT2D eigenvalue weighted by Crippen LogP contribution is 2.34. The van der Waals surface area contributed by atoms with Crippen LogP contribution in [-0.2, 0) is 15.8 Å². The van der Waals surface area contributed by atoms with Crippen LogP contribution in [-0.4, -0.2) is 47.6 Å². The van der Waals surface area contributed by atoms with Crippen LogP contribution in [0.15, 0.2) is 23.3 Å². The van der Waals surface area contributed by atoms with E-state index in [0.717, 1.165) is 17.1 Å². The van der Waals surface area contributed by atoms with E-state index < -0.39 is 28.3 Å². The molecule has 0 aliphatic carbocycles. The molecule has 1 aromatic rings. The van der Waals surface area contributed by atoms with Crippen molar-refractivity contribution in [2.45, 2.75) is 19.0 Å². The third kappa shape index (κ3) is 5.15. The minimum absolute atomic E-state index is 0.0417. The molecule has 2 N–H and O–H groups in total. The fraction of sp³-hybridized carbons (Fsp3) is 0.400. The molecule has 0 aromatic heterocycles. The monoisotopic (exact) mass is 387 g/mol. The number of benzene rings is 1. The highest BCUT2D eigenvalue weighted by molar-refractivity contribution is 6.39. The van der Waals surface area contributed by atoms with Crippen LogP contribution < -0.4 is 10.6 Å². The van der Waals surface area contributed by atoms with Crippen LogP contribution >= 0.6 is 0 Å². The Morgan fingerprint density at radius 2 is 2.04 bits per heavy atom. The first-order valence-electron chi connectivity index (χ1n) is 7.81. The summed E-state index contributed by atoms with van der Waals surface area (Å²) in [5, 5.41) is 21.0. The Labute approximate surface area is 151 Å². The standard InChI is InChI=1S/C15H16F3N5O4/c1-22-13(24)5-4-11(21-22)14(25)20-7-6-19-10-3-2-9(15(16,17)18)8-12(10)23(26)27/h2-3,8,19H,4-7H2,1H3,(H,20,25). The molecule has 0 saturated carbocycles. The Balaban J connectivity index is 1.93. The largest absolute Gasteiger partial charge is 0.416 e. The van der Waals surface area contributed by atoms with Crippen molar-refractivity contribution in [2.75, 3.05) is 25.5 Å². The maximum Gasteiger partial charge on any atom is 0.416 e. The smallest absolute Gasteiger partial charge is 0.378 e. The number of amides is 2. The minimum atomic E-state index is -4.69. The fourth-order valence-corrected chi connectivity index (χ4v) is 2.32. The second-order valence-electron chi connectivity index (χ2n) is 5.63. The van der Waals surface area contributed by atoms with E-state index in [4.69, 9.17) is 0 Å². The number of anilines is 1. The zero-order valence-corrected chi connectivity index (χ0v) is 14.2. The SMILES string of the molecule is CN1N=C(C(=O)NCCNc2ccc(C(F)(F)F)cc2[N+](=O)[O-])CCC1=O. The van der Waals surface area contributed by atoms with Gasteiger partial charge in [-0.25, -0.2) is 5.01 Å². The van der Waals surface area contributed by atoms with Crippen molar-refractivity contribution in [2.24, 2.45) is 5.10 Å². The lowest BCUT2D eigenvalue weighted by Gasteiger charge is -2.19. The Kier molecular flexibility index (Phi) is 5.98. The molecule has 12 heteroatoms. The molecule has 0 saturated heterocycles. The molecule has 0 unspecified atom stereocenters. The van der Waals surface area contributed by atoms with E-state index in [1.165, 1.54) is 7.05 Å². The summed E-state index contributed by atoms with van der Waals surface area (Å²) >= 11 is 0. The number of nitro benzene ring substituents is 1. The summed E-state index contributed by atoms with van der Waals surface area (Å²) < 4.78 is 38.0. The Morgan fingerprint density at radius 3 is 2.63 bits per heavy atom. The fourth-order valence-electron chi connectivity index (χ4n) is 2.32. The van der Waals surface area contributed by atoms with E-state index in [9.17, 15) is 32.9 Å². The van der Waals surface area contributed by atoms with Crippen molar-refractivity contribution in [1.29, 1.82) is 0 Å². The molecule has 0 fully saturated rings. The molecule has 27 heavy (non-hydrogen) atoms. The second-order valence-corrected chi connectivity index (χ2v) is 5.63. The van der Waals surface area contributed by atoms with Crippen LogP contribution in [0.3, 0.4) is 0 Å². The number of rotatable bonds is 6. The average molecular weight is 387 g/mol. The Hall–Kier alpha value is -3.18. The molecule has 0 spiro atoms. The van der Waals surface area contributed by atoms with Gasteiger partial charge in [-0.2, -0.15) is 18.3 Å². The number of hydrazone groups is 1. The third-order valence-electron chi connectivity index (χ3n) is 3.72. The van der Waals surface area contributed by atoms with Crippen LogP contribution in [0.2, 0.25) is 0 Å². The number of hydrogen-bond acceptors (Lipinski definition) is 6. The molecular formula is C15H16F3N5O4. The predicted octanol–water partition coefficient (Wildman–Crippen LogP) is 1.75. The van der Waals surface area contributed by atoms with Gasteiger partial charge in [-0.1, -0.05) is 0 Å². The van der Waals surface area contributed by atoms with Gasteiger partial charge in [0.15, 0.2) is 0 Å². The lowest BCUT2D eigenvalue weighted by atomic mass is 10.1. The zero-order valence-electron chi connectivity index (χ0n) is 14.2. The molecule has 1 heterocycles. The number of carbonyl (C=O) groups excluding carboxylic acids is 2. The van der Waals surface area contributed by atoms with Crippen LogP contribution in [0.4, 0.5) is 24.5 Å². The van der Waals surface area contributed by atoms with Crippen molar-refractivity contribution < 1.29 is 27.7 Å². The van der Waals surface area contributed by atoms with Crippen LogP contribution in [0.1, 0.15) is 18.4 Å². The highest BCUT2D eigenvalue weighted by Gasteiger charge is 2.33. The van der Waals surface area contributed by atoms with Gasteiger partial charge in [0, 0.05) is 39.0 Å². The van der Waals surface area contributed by atoms with Gasteiger partial charge in [-0.3, -0.25) is 19.7 Å². The Morgan fingerprint density at radius 1 is 1.33 bits per heavy atom. The number of halogens is 3. The summed E-state index contributed by atoms with van der Waals surface area (Å²) in [5.74, 6) is -0.694. The van der Waals surface area contributed by atoms with Gasteiger partial charge in [0.2, 0.25) is 5.91 Å². The van der Waals surface area contributed by atoms with Crippen molar-refractivity contribution in [3.63, 3.8) is 0 Å². The number of nitrogens with zero attached hydrogens (tertiary/aromatic N) is 3. The number of nitrogens with one attached hydrogen (secondary N) is 2. The maximum atomic E-state index is 12.7. The van der Waals surface area contributed by atoms with Crippen molar-refractivity contribution >= 4 is 28.9 Å². The van der Waals surface area contributed by atoms with Gasteiger partial charge in [0.1, 0.15) is 11.4 Å². The normalized spacial score (nSPS) is 14.6. The van der Waals surface area contributed by atoms with Crippen LogP contribution in [0, 0.1) is 10.1 Å². The van der Waals surface area contributed by atoms with E-state index in [0.29, 0.717) is 6.07 Å². The van der Waals surface area contributed by atoms with Crippen molar-refractivity contribution in [3.05, 3.63) is 33.9 Å². The molecule has 0 radical (unpaired) electrons. The molecule has 0 bridgehead atoms. The van der Waals surface area contributed by atoms with Crippen molar-refractivity contribution in [1.82, 2.24) is 10.3 Å². The molecular weight excluding hydrogens is 371 g/mol. The van der Waals surface area contributed by atoms with E-state index in [2.05, 4.69) is 15.7 Å². The summed E-state index contributed by atoms with van der Waals surface area (Å²) in [6, 6.07) is 2.15. The average Bonchev–Trinajstić information content (AvgIpc) is 2.59. The van der Waals surface area contributed by atoms with Gasteiger partial charge in [-0.05, 0) is 12.1 Å². The summed E-state index contributed by atoms with van der Waals surface area (Å²) in [6.07, 6.45) is -4.32. The number of alkyl halides is 3. The second kappa shape index (κ2) is 8.01. The number of carbonyl (C=O) groups is 2. The maximum absolute atomic E-state index is 12.7. The summed E-state index contributed by atoms with van der Waals surface area (Å²) in [4.78, 5) is 33.3. The van der Waals surface area contributed by atoms with Gasteiger partial charge in [-0.15, -0.1) is 0 Å². The van der Waals surface area contributed by atoms with Gasteiger partial charge in [0.25, 0.3) is 11.6 Å². The molecule has 1 aromatic carbocycles. The van der Waals surface area contributed by atoms with Crippen LogP contribution in [0.5, 0.6) is 0 Å². The number of nitro groups is 1. The van der Waals surface area contributed by atoms with Gasteiger partial charge < -0.3 is 10.6 Å². The van der Waals surface area contributed by atoms with E-state index in [1.807, 2.05) is 0 Å². The molecule has 1 aliphatic rings. The molecule has 9 nitrogen and oxygen atoms in total. The lowest BCUT2D eigenvalue weighted by Crippen LogP contribution is -2.39. The summed E-state index contributed by atoms with van der Waals surface area (Å²) in [6.45, 7) is 0.0910. The molecule has 146 valence electrons. The molecule has 0 atom stereocenters. The first-order chi connectivity index (χ1) is 12.6. The van der Waals surface area contributed by atoms with E-state index >= 15 is 0 Å². The molecule has 2 rings (SSSR count). The van der Waals surface area contributed by atoms with Crippen LogP contribution in [0.25, 0.3) is 0 Å². The zero-order chi connectivity index (χ0) is 20.2. The summed E-state index contributed by atoms with van der Waals surface area (Å²) in [7, 11) is 1.43. The third-order valence-corrected chi connectivity index (χ3v) is 3.72. The van der Waals surface area contributed by atoms with E-state index in [-0.39, 0.29) is 43.2 Å². The van der Waals surface area contributed by atoms with Gasteiger partial charge in [0.05, 0.1) is 10.5 Å². The Bertz CT molecular complexity index is 794. The van der Waals surface area contributed by atoms with E-state index in [1.54, 1.807) is 0 Å². The molecule has 1 aliphatic heterocycles. The minimum Gasteiger partial charge on any atom is -0.378 e. The van der Waals surface area contributed by atoms with Crippen molar-refractivity contribution in [3.8, 4) is 0 Å². The predicted molar refractivity (Wildman–Crippen MR) is 89.0 cm³/mol. The lowest BCUT2D eigenvalue weighted by molar-refractivity contribution is -0.384. The first kappa shape index (κ1) is 20.1. The number of hydrogen-bond donors (Lipinski definition) is 2. The van der Waals surface area contributed by atoms with Gasteiger partial charge >= 0.3 is 6.18 Å². The first-order valence-corrected chi connectivity index (χ1v) is 7.81. The summed E-state index contributed by atoms with van der Waals surface area (Å²) in [5.41, 5.74) is -1.75. The quantitative estimate of drug-likeness (QED) is 0.438. The highest BCUT2D eigenvalue weighted by atomic mass is 19.4. The molecule has 2 amide bonds.